The number of aliphatic imine (C=N–C) groups is 1. The number of allylic oxidation sites excluding steroid dienone is 1. The molecule has 0 rings (SSSR count). The average Bonchev–Trinajstić information content (AvgIpc) is 2.25. The summed E-state index contributed by atoms with van der Waals surface area (Å²) in [5, 5.41) is 0. The predicted octanol–water partition coefficient (Wildman–Crippen LogP) is 4.63. The Hall–Kier alpha value is -0.590. The Bertz CT molecular complexity index is 172. The number of rotatable bonds is 9. The molecule has 0 amide bonds. The van der Waals surface area contributed by atoms with E-state index in [1.807, 2.05) is 6.08 Å². The van der Waals surface area contributed by atoms with Crippen molar-refractivity contribution in [3.05, 3.63) is 12.7 Å². The van der Waals surface area contributed by atoms with Crippen molar-refractivity contribution in [3.8, 4) is 0 Å². The third-order valence-corrected chi connectivity index (χ3v) is 2.85. The molecule has 1 nitrogen and oxygen atoms in total. The molecule has 0 N–H and O–H groups in total. The van der Waals surface area contributed by atoms with Crippen LogP contribution in [0.3, 0.4) is 0 Å². The van der Waals surface area contributed by atoms with Crippen LogP contribution in [-0.4, -0.2) is 12.3 Å². The second-order valence-corrected chi connectivity index (χ2v) is 4.36. The van der Waals surface area contributed by atoms with E-state index in [1.165, 1.54) is 25.7 Å². The molecule has 0 aliphatic heterocycles. The van der Waals surface area contributed by atoms with E-state index in [1.54, 1.807) is 0 Å². The van der Waals surface area contributed by atoms with Crippen molar-refractivity contribution in [1.82, 2.24) is 0 Å². The highest BCUT2D eigenvalue weighted by Crippen LogP contribution is 2.12. The van der Waals surface area contributed by atoms with Gasteiger partial charge in [-0.1, -0.05) is 39.2 Å². The van der Waals surface area contributed by atoms with Crippen LogP contribution < -0.4 is 0 Å². The lowest BCUT2D eigenvalue weighted by molar-refractivity contribution is 0.538. The van der Waals surface area contributed by atoms with Crippen molar-refractivity contribution >= 4 is 6.21 Å². The molecular weight excluding hydrogens is 182 g/mol. The number of unbranched alkanes of at least 4 members (excludes halogenated alkanes) is 1. The van der Waals surface area contributed by atoms with Gasteiger partial charge in [0.1, 0.15) is 0 Å². The number of hydrogen-bond donors (Lipinski definition) is 0. The smallest absolute Gasteiger partial charge is 0.0467 e. The normalized spacial score (nSPS) is 15.4. The number of hydrogen-bond acceptors (Lipinski definition) is 1. The molecule has 0 aromatic rings. The zero-order chi connectivity index (χ0) is 11.5. The van der Waals surface area contributed by atoms with E-state index in [2.05, 4.69) is 38.6 Å². The second kappa shape index (κ2) is 9.95. The summed E-state index contributed by atoms with van der Waals surface area (Å²) in [6.07, 6.45) is 11.4. The van der Waals surface area contributed by atoms with Gasteiger partial charge in [0.15, 0.2) is 0 Å². The molecule has 0 saturated carbocycles. The van der Waals surface area contributed by atoms with Gasteiger partial charge in [0.25, 0.3) is 0 Å². The minimum atomic E-state index is 0.506. The van der Waals surface area contributed by atoms with E-state index < -0.39 is 0 Å². The fourth-order valence-corrected chi connectivity index (χ4v) is 1.63. The van der Waals surface area contributed by atoms with Gasteiger partial charge in [-0.25, -0.2) is 0 Å². The maximum atomic E-state index is 4.57. The van der Waals surface area contributed by atoms with E-state index in [-0.39, 0.29) is 0 Å². The molecule has 88 valence electrons. The second-order valence-electron chi connectivity index (χ2n) is 4.36. The van der Waals surface area contributed by atoms with Crippen molar-refractivity contribution in [2.24, 2.45) is 10.9 Å². The van der Waals surface area contributed by atoms with Crippen LogP contribution in [0.15, 0.2) is 17.6 Å². The van der Waals surface area contributed by atoms with Gasteiger partial charge in [0.05, 0.1) is 0 Å². The maximum Gasteiger partial charge on any atom is 0.0467 e. The summed E-state index contributed by atoms with van der Waals surface area (Å²) in [5.41, 5.74) is 0. The summed E-state index contributed by atoms with van der Waals surface area (Å²) in [7, 11) is 0. The van der Waals surface area contributed by atoms with E-state index in [0.29, 0.717) is 6.04 Å². The molecule has 0 aromatic heterocycles. The molecule has 0 spiro atoms. The lowest BCUT2D eigenvalue weighted by Crippen LogP contribution is -2.01. The summed E-state index contributed by atoms with van der Waals surface area (Å²) in [6, 6.07) is 0.506. The predicted molar refractivity (Wildman–Crippen MR) is 70.7 cm³/mol. The fraction of sp³-hybridized carbons (Fsp3) is 0.786. The Kier molecular flexibility index (Phi) is 9.55. The van der Waals surface area contributed by atoms with Crippen LogP contribution in [0.2, 0.25) is 0 Å². The van der Waals surface area contributed by atoms with Crippen LogP contribution in [0.1, 0.15) is 59.3 Å². The van der Waals surface area contributed by atoms with E-state index in [9.17, 15) is 0 Å². The van der Waals surface area contributed by atoms with Gasteiger partial charge in [-0.15, -0.1) is 6.58 Å². The third kappa shape index (κ3) is 8.41. The molecule has 15 heavy (non-hydrogen) atoms. The summed E-state index contributed by atoms with van der Waals surface area (Å²) in [6.45, 7) is 10.5. The highest BCUT2D eigenvalue weighted by molar-refractivity contribution is 5.57. The van der Waals surface area contributed by atoms with Crippen LogP contribution in [0.25, 0.3) is 0 Å². The molecule has 0 bridgehead atoms. The van der Waals surface area contributed by atoms with Gasteiger partial charge in [-0.3, -0.25) is 4.99 Å². The maximum absolute atomic E-state index is 4.57. The zero-order valence-electron chi connectivity index (χ0n) is 10.7. The first-order chi connectivity index (χ1) is 7.24. The van der Waals surface area contributed by atoms with E-state index in [4.69, 9.17) is 0 Å². The van der Waals surface area contributed by atoms with Crippen molar-refractivity contribution in [2.45, 2.75) is 65.3 Å². The molecular formula is C14H27N. The minimum Gasteiger partial charge on any atom is -0.294 e. The molecule has 0 aliphatic carbocycles. The lowest BCUT2D eigenvalue weighted by Gasteiger charge is -2.09. The average molecular weight is 209 g/mol. The van der Waals surface area contributed by atoms with Crippen LogP contribution >= 0.6 is 0 Å². The molecule has 2 unspecified atom stereocenters. The summed E-state index contributed by atoms with van der Waals surface area (Å²) < 4.78 is 0. The zero-order valence-corrected chi connectivity index (χ0v) is 10.7. The van der Waals surface area contributed by atoms with Crippen LogP contribution in [-0.2, 0) is 0 Å². The van der Waals surface area contributed by atoms with Gasteiger partial charge in [-0.2, -0.15) is 0 Å². The summed E-state index contributed by atoms with van der Waals surface area (Å²) >= 11 is 0. The highest BCUT2D eigenvalue weighted by Gasteiger charge is 2.02. The van der Waals surface area contributed by atoms with Crippen LogP contribution in [0.4, 0.5) is 0 Å². The Morgan fingerprint density at radius 1 is 1.27 bits per heavy atom. The van der Waals surface area contributed by atoms with E-state index >= 15 is 0 Å². The molecule has 1 heteroatoms. The molecule has 0 aromatic carbocycles. The molecule has 2 atom stereocenters. The largest absolute Gasteiger partial charge is 0.294 e. The lowest BCUT2D eigenvalue weighted by atomic mass is 9.99. The monoisotopic (exact) mass is 209 g/mol. The SMILES string of the molecule is C=CCC(CC)CC=NC(C)CCCC. The standard InChI is InChI=1S/C14H27N/c1-5-8-10-13(4)15-12-11-14(7-3)9-6-2/h6,12-14H,2,5,7-11H2,1,3-4H3. The minimum absolute atomic E-state index is 0.506. The molecule has 0 fully saturated rings. The van der Waals surface area contributed by atoms with Crippen LogP contribution in [0, 0.1) is 5.92 Å². The Balaban J connectivity index is 3.69. The fourth-order valence-electron chi connectivity index (χ4n) is 1.63. The first-order valence-corrected chi connectivity index (χ1v) is 6.37. The Morgan fingerprint density at radius 2 is 2.00 bits per heavy atom. The van der Waals surface area contributed by atoms with Crippen molar-refractivity contribution in [2.75, 3.05) is 0 Å². The van der Waals surface area contributed by atoms with Crippen LogP contribution in [0.5, 0.6) is 0 Å². The van der Waals surface area contributed by atoms with Crippen molar-refractivity contribution < 1.29 is 0 Å². The molecule has 0 radical (unpaired) electrons. The number of nitrogens with zero attached hydrogens (tertiary/aromatic N) is 1. The van der Waals surface area contributed by atoms with E-state index in [0.717, 1.165) is 18.8 Å². The first-order valence-electron chi connectivity index (χ1n) is 6.37. The van der Waals surface area contributed by atoms with Gasteiger partial charge in [0.2, 0.25) is 0 Å². The molecule has 0 aliphatic rings. The molecule has 0 heterocycles. The van der Waals surface area contributed by atoms with Gasteiger partial charge in [0, 0.05) is 6.04 Å². The third-order valence-electron chi connectivity index (χ3n) is 2.85. The van der Waals surface area contributed by atoms with Crippen molar-refractivity contribution in [1.29, 1.82) is 0 Å². The van der Waals surface area contributed by atoms with Crippen molar-refractivity contribution in [3.63, 3.8) is 0 Å². The van der Waals surface area contributed by atoms with Gasteiger partial charge in [-0.05, 0) is 38.3 Å². The van der Waals surface area contributed by atoms with Gasteiger partial charge >= 0.3 is 0 Å². The Morgan fingerprint density at radius 3 is 2.53 bits per heavy atom. The summed E-state index contributed by atoms with van der Waals surface area (Å²) in [5.74, 6) is 0.740. The Labute approximate surface area is 95.7 Å². The topological polar surface area (TPSA) is 12.4 Å². The summed E-state index contributed by atoms with van der Waals surface area (Å²) in [4.78, 5) is 4.57. The first kappa shape index (κ1) is 14.4. The quantitative estimate of drug-likeness (QED) is 0.388. The highest BCUT2D eigenvalue weighted by atomic mass is 14.7. The molecule has 0 saturated heterocycles. The van der Waals surface area contributed by atoms with Gasteiger partial charge < -0.3 is 0 Å².